The van der Waals surface area contributed by atoms with E-state index in [1.54, 1.807) is 37.3 Å². The van der Waals surface area contributed by atoms with E-state index in [1.807, 2.05) is 0 Å². The molecule has 126 valence electrons. The van der Waals surface area contributed by atoms with Crippen LogP contribution in [0.4, 0.5) is 14.5 Å². The highest BCUT2D eigenvalue weighted by Crippen LogP contribution is 2.25. The van der Waals surface area contributed by atoms with Gasteiger partial charge >= 0.3 is 12.6 Å². The molecule has 1 amide bonds. The lowest BCUT2D eigenvalue weighted by atomic mass is 10.1. The maximum absolute atomic E-state index is 12.3. The van der Waals surface area contributed by atoms with Crippen LogP contribution in [0.3, 0.4) is 0 Å². The molecule has 0 aliphatic heterocycles. The first-order valence-corrected chi connectivity index (χ1v) is 7.04. The minimum atomic E-state index is -3.01. The van der Waals surface area contributed by atoms with E-state index in [2.05, 4.69) is 10.1 Å². The highest BCUT2D eigenvalue weighted by atomic mass is 19.3. The number of hydrogen-bond donors (Lipinski definition) is 1. The first kappa shape index (κ1) is 17.4. The van der Waals surface area contributed by atoms with Crippen LogP contribution in [0.15, 0.2) is 48.5 Å². The van der Waals surface area contributed by atoms with Crippen LogP contribution in [-0.2, 0) is 9.53 Å². The van der Waals surface area contributed by atoms with Crippen molar-refractivity contribution >= 4 is 17.6 Å². The Balaban J connectivity index is 1.95. The SMILES string of the molecule is Cc1ccccc1C(=O)OCC(=O)Nc1ccccc1OC(F)F. The minimum Gasteiger partial charge on any atom is -0.452 e. The molecular weight excluding hydrogens is 320 g/mol. The average molecular weight is 335 g/mol. The Hall–Kier alpha value is -2.96. The molecule has 0 aliphatic rings. The van der Waals surface area contributed by atoms with Gasteiger partial charge in [0.2, 0.25) is 0 Å². The first-order valence-electron chi connectivity index (χ1n) is 7.04. The second kappa shape index (κ2) is 8.05. The number of anilines is 1. The van der Waals surface area contributed by atoms with Crippen LogP contribution in [0.25, 0.3) is 0 Å². The van der Waals surface area contributed by atoms with Crippen molar-refractivity contribution in [1.82, 2.24) is 0 Å². The number of para-hydroxylation sites is 2. The van der Waals surface area contributed by atoms with Crippen LogP contribution in [0, 0.1) is 6.92 Å². The van der Waals surface area contributed by atoms with Gasteiger partial charge in [-0.25, -0.2) is 4.79 Å². The molecule has 0 radical (unpaired) electrons. The molecule has 0 aromatic heterocycles. The third-order valence-corrected chi connectivity index (χ3v) is 3.08. The second-order valence-corrected chi connectivity index (χ2v) is 4.81. The molecule has 24 heavy (non-hydrogen) atoms. The van der Waals surface area contributed by atoms with Gasteiger partial charge in [0.1, 0.15) is 5.75 Å². The van der Waals surface area contributed by atoms with Gasteiger partial charge in [0.05, 0.1) is 11.3 Å². The van der Waals surface area contributed by atoms with Gasteiger partial charge in [-0.1, -0.05) is 30.3 Å². The van der Waals surface area contributed by atoms with Gasteiger partial charge in [0, 0.05) is 0 Å². The molecule has 0 saturated carbocycles. The summed E-state index contributed by atoms with van der Waals surface area (Å²) in [5.74, 6) is -1.48. The largest absolute Gasteiger partial charge is 0.452 e. The first-order chi connectivity index (χ1) is 11.5. The number of nitrogens with one attached hydrogen (secondary N) is 1. The molecule has 0 fully saturated rings. The quantitative estimate of drug-likeness (QED) is 0.822. The highest BCUT2D eigenvalue weighted by Gasteiger charge is 2.14. The lowest BCUT2D eigenvalue weighted by Crippen LogP contribution is -2.21. The summed E-state index contributed by atoms with van der Waals surface area (Å²) in [4.78, 5) is 23.7. The van der Waals surface area contributed by atoms with Crippen LogP contribution in [0.2, 0.25) is 0 Å². The number of amides is 1. The van der Waals surface area contributed by atoms with Crippen LogP contribution in [0.5, 0.6) is 5.75 Å². The molecule has 0 unspecified atom stereocenters. The number of carbonyl (C=O) groups excluding carboxylic acids is 2. The summed E-state index contributed by atoms with van der Waals surface area (Å²) in [6, 6.07) is 12.5. The van der Waals surface area contributed by atoms with Crippen molar-refractivity contribution < 1.29 is 27.8 Å². The summed E-state index contributed by atoms with van der Waals surface area (Å²) < 4.78 is 33.9. The summed E-state index contributed by atoms with van der Waals surface area (Å²) in [5, 5.41) is 2.36. The van der Waals surface area contributed by atoms with Crippen molar-refractivity contribution in [3.8, 4) is 5.75 Å². The van der Waals surface area contributed by atoms with E-state index in [9.17, 15) is 18.4 Å². The van der Waals surface area contributed by atoms with Crippen molar-refractivity contribution in [2.75, 3.05) is 11.9 Å². The fourth-order valence-corrected chi connectivity index (χ4v) is 1.97. The topological polar surface area (TPSA) is 64.6 Å². The maximum Gasteiger partial charge on any atom is 0.387 e. The second-order valence-electron chi connectivity index (χ2n) is 4.81. The number of alkyl halides is 2. The van der Waals surface area contributed by atoms with Crippen molar-refractivity contribution in [3.05, 3.63) is 59.7 Å². The zero-order valence-corrected chi connectivity index (χ0v) is 12.8. The van der Waals surface area contributed by atoms with Gasteiger partial charge in [-0.05, 0) is 30.7 Å². The summed E-state index contributed by atoms with van der Waals surface area (Å²) in [7, 11) is 0. The average Bonchev–Trinajstić information content (AvgIpc) is 2.54. The Kier molecular flexibility index (Phi) is 5.83. The lowest BCUT2D eigenvalue weighted by Gasteiger charge is -2.12. The third-order valence-electron chi connectivity index (χ3n) is 3.08. The van der Waals surface area contributed by atoms with E-state index in [0.29, 0.717) is 5.56 Å². The number of hydrogen-bond acceptors (Lipinski definition) is 4. The summed E-state index contributed by atoms with van der Waals surface area (Å²) in [5.41, 5.74) is 1.14. The molecule has 2 aromatic carbocycles. The maximum atomic E-state index is 12.3. The summed E-state index contributed by atoms with van der Waals surface area (Å²) >= 11 is 0. The summed E-state index contributed by atoms with van der Waals surface area (Å²) in [6.45, 7) is -1.81. The van der Waals surface area contributed by atoms with Crippen molar-refractivity contribution in [3.63, 3.8) is 0 Å². The summed E-state index contributed by atoms with van der Waals surface area (Å²) in [6.07, 6.45) is 0. The van der Waals surface area contributed by atoms with Gasteiger partial charge in [-0.3, -0.25) is 4.79 Å². The molecule has 0 aliphatic carbocycles. The molecule has 7 heteroatoms. The molecule has 2 rings (SSSR count). The molecule has 0 heterocycles. The Labute approximate surface area is 137 Å². The Bertz CT molecular complexity index is 734. The van der Waals surface area contributed by atoms with Crippen molar-refractivity contribution in [2.24, 2.45) is 0 Å². The molecular formula is C17H15F2NO4. The predicted molar refractivity (Wildman–Crippen MR) is 83.2 cm³/mol. The van der Waals surface area contributed by atoms with E-state index in [4.69, 9.17) is 4.74 Å². The smallest absolute Gasteiger partial charge is 0.387 e. The number of ether oxygens (including phenoxy) is 2. The van der Waals surface area contributed by atoms with Crippen LogP contribution < -0.4 is 10.1 Å². The number of esters is 1. The van der Waals surface area contributed by atoms with Gasteiger partial charge in [0.15, 0.2) is 6.61 Å². The zero-order chi connectivity index (χ0) is 17.5. The third kappa shape index (κ3) is 4.77. The zero-order valence-electron chi connectivity index (χ0n) is 12.8. The van der Waals surface area contributed by atoms with E-state index in [0.717, 1.165) is 5.56 Å². The number of halogens is 2. The van der Waals surface area contributed by atoms with E-state index in [1.165, 1.54) is 18.2 Å². The Morgan fingerprint density at radius 3 is 2.46 bits per heavy atom. The monoisotopic (exact) mass is 335 g/mol. The van der Waals surface area contributed by atoms with Gasteiger partial charge < -0.3 is 14.8 Å². The molecule has 2 aromatic rings. The molecule has 1 N–H and O–H groups in total. The minimum absolute atomic E-state index is 0.0646. The number of carbonyl (C=O) groups is 2. The van der Waals surface area contributed by atoms with Gasteiger partial charge in [0.25, 0.3) is 5.91 Å². The van der Waals surface area contributed by atoms with Gasteiger partial charge in [-0.2, -0.15) is 8.78 Å². The Morgan fingerprint density at radius 2 is 1.75 bits per heavy atom. The lowest BCUT2D eigenvalue weighted by molar-refractivity contribution is -0.119. The highest BCUT2D eigenvalue weighted by molar-refractivity contribution is 5.96. The van der Waals surface area contributed by atoms with E-state index < -0.39 is 25.1 Å². The molecule has 5 nitrogen and oxygen atoms in total. The molecule has 0 bridgehead atoms. The fraction of sp³-hybridized carbons (Fsp3) is 0.176. The predicted octanol–water partition coefficient (Wildman–Crippen LogP) is 3.39. The molecule has 0 spiro atoms. The van der Waals surface area contributed by atoms with Crippen LogP contribution in [-0.4, -0.2) is 25.1 Å². The molecule has 0 atom stereocenters. The molecule has 0 saturated heterocycles. The number of aryl methyl sites for hydroxylation is 1. The van der Waals surface area contributed by atoms with Crippen LogP contribution >= 0.6 is 0 Å². The number of benzene rings is 2. The van der Waals surface area contributed by atoms with E-state index in [-0.39, 0.29) is 11.4 Å². The normalized spacial score (nSPS) is 10.3. The number of rotatable bonds is 6. The van der Waals surface area contributed by atoms with Crippen molar-refractivity contribution in [2.45, 2.75) is 13.5 Å². The van der Waals surface area contributed by atoms with Crippen molar-refractivity contribution in [1.29, 1.82) is 0 Å². The Morgan fingerprint density at radius 1 is 1.08 bits per heavy atom. The standard InChI is InChI=1S/C17H15F2NO4/c1-11-6-2-3-7-12(11)16(22)23-10-15(21)20-13-8-4-5-9-14(13)24-17(18)19/h2-9,17H,10H2,1H3,(H,20,21). The van der Waals surface area contributed by atoms with Crippen LogP contribution in [0.1, 0.15) is 15.9 Å². The van der Waals surface area contributed by atoms with Gasteiger partial charge in [-0.15, -0.1) is 0 Å². The van der Waals surface area contributed by atoms with E-state index >= 15 is 0 Å². The fourth-order valence-electron chi connectivity index (χ4n) is 1.97.